The van der Waals surface area contributed by atoms with Gasteiger partial charge in [-0.05, 0) is 133 Å². The van der Waals surface area contributed by atoms with Crippen LogP contribution in [0.4, 0.5) is 23.1 Å². The fourth-order valence-electron chi connectivity index (χ4n) is 9.32. The second kappa shape index (κ2) is 17.4. The van der Waals surface area contributed by atoms with Gasteiger partial charge in [0.2, 0.25) is 11.9 Å². The van der Waals surface area contributed by atoms with Gasteiger partial charge >= 0.3 is 5.97 Å². The van der Waals surface area contributed by atoms with Crippen LogP contribution in [0.15, 0.2) is 42.5 Å². The number of piperidine rings is 3. The van der Waals surface area contributed by atoms with Crippen molar-refractivity contribution in [3.8, 4) is 0 Å². The number of primary amides is 1. The number of likely N-dealkylation sites (tertiary alicyclic amines) is 2. The molecule has 8 rings (SSSR count). The number of fused-ring (bicyclic) bond motifs is 1. The van der Waals surface area contributed by atoms with Crippen LogP contribution in [0.1, 0.15) is 122 Å². The van der Waals surface area contributed by atoms with Crippen LogP contribution < -0.4 is 20.9 Å². The SMILES string of the molecule is CC(OC(=O)C(C)(C)C)N1C(=O)CCC(N2C(=O)c3ccc(N4CCC(CN5CCC(c6ccc(Nc7nc(N8CCCCC8)nnc7C(N)=O)cc6)CC5)C4)cc3C2=O)C1=O. The number of carbonyl (C=O) groups excluding carboxylic acids is 6. The topological polar surface area (TPSA) is 205 Å². The maximum atomic E-state index is 13.8. The number of hydrogen-bond donors (Lipinski definition) is 2. The lowest BCUT2D eigenvalue weighted by Crippen LogP contribution is -2.59. The summed E-state index contributed by atoms with van der Waals surface area (Å²) < 4.78 is 5.45. The largest absolute Gasteiger partial charge is 0.441 e. The number of benzene rings is 2. The summed E-state index contributed by atoms with van der Waals surface area (Å²) in [5.41, 5.74) is 8.15. The number of amides is 5. The second-order valence-electron chi connectivity index (χ2n) is 18.3. The van der Waals surface area contributed by atoms with Crippen molar-refractivity contribution in [1.82, 2.24) is 29.9 Å². The van der Waals surface area contributed by atoms with Crippen LogP contribution in [-0.2, 0) is 19.1 Å². The van der Waals surface area contributed by atoms with Crippen molar-refractivity contribution >= 4 is 58.6 Å². The smallest absolute Gasteiger partial charge is 0.313 e. The number of rotatable bonds is 11. The fourth-order valence-corrected chi connectivity index (χ4v) is 9.32. The first-order valence-electron chi connectivity index (χ1n) is 21.9. The van der Waals surface area contributed by atoms with E-state index in [2.05, 4.69) is 47.3 Å². The summed E-state index contributed by atoms with van der Waals surface area (Å²) in [5.74, 6) is -1.98. The zero-order valence-corrected chi connectivity index (χ0v) is 36.0. The van der Waals surface area contributed by atoms with E-state index in [4.69, 9.17) is 10.5 Å². The zero-order chi connectivity index (χ0) is 43.9. The lowest BCUT2D eigenvalue weighted by Gasteiger charge is -2.37. The third kappa shape index (κ3) is 8.72. The number of anilines is 4. The Morgan fingerprint density at radius 3 is 2.26 bits per heavy atom. The molecule has 3 unspecified atom stereocenters. The first-order chi connectivity index (χ1) is 29.7. The number of nitrogens with zero attached hydrogens (tertiary/aromatic N) is 8. The lowest BCUT2D eigenvalue weighted by molar-refractivity contribution is -0.178. The standard InChI is InChI=1S/C45H56N10O7/c1-27(62-43(61)45(2,3)4)54-36(56)15-14-35(42(54)60)55-40(58)33-13-12-32(24-34(33)41(55)59)53-23-16-28(26-53)25-51-21-17-30(18-22-51)29-8-10-31(11-9-29)47-39-37(38(46)57)49-50-44(48-39)52-19-6-5-7-20-52/h8-13,24,27-28,30,35H,5-7,14-23,25-26H2,1-4H3,(H2,46,57)(H,47,48,50). The highest BCUT2D eigenvalue weighted by Crippen LogP contribution is 2.35. The van der Waals surface area contributed by atoms with Gasteiger partial charge in [-0.3, -0.25) is 33.7 Å². The molecule has 5 amide bonds. The molecule has 0 radical (unpaired) electrons. The van der Waals surface area contributed by atoms with Gasteiger partial charge in [-0.15, -0.1) is 10.2 Å². The molecule has 328 valence electrons. The molecule has 5 aliphatic heterocycles. The minimum absolute atomic E-state index is 0.00436. The summed E-state index contributed by atoms with van der Waals surface area (Å²) in [6.07, 6.45) is 5.13. The molecule has 5 aliphatic rings. The van der Waals surface area contributed by atoms with E-state index in [0.717, 1.165) is 99.1 Å². The summed E-state index contributed by atoms with van der Waals surface area (Å²) in [5, 5.41) is 11.5. The molecule has 3 aromatic rings. The normalized spacial score (nSPS) is 22.0. The average molecular weight is 849 g/mol. The molecular formula is C45H56N10O7. The molecule has 0 bridgehead atoms. The molecule has 6 heterocycles. The van der Waals surface area contributed by atoms with E-state index < -0.39 is 53.2 Å². The molecule has 62 heavy (non-hydrogen) atoms. The van der Waals surface area contributed by atoms with Gasteiger partial charge in [-0.1, -0.05) is 12.1 Å². The van der Waals surface area contributed by atoms with Gasteiger partial charge in [-0.25, -0.2) is 4.90 Å². The average Bonchev–Trinajstić information content (AvgIpc) is 3.82. The van der Waals surface area contributed by atoms with E-state index >= 15 is 0 Å². The van der Waals surface area contributed by atoms with Crippen LogP contribution in [-0.4, -0.2) is 123 Å². The van der Waals surface area contributed by atoms with E-state index in [1.807, 2.05) is 18.2 Å². The maximum Gasteiger partial charge on any atom is 0.313 e. The molecule has 0 saturated carbocycles. The minimum atomic E-state index is -1.18. The highest BCUT2D eigenvalue weighted by molar-refractivity contribution is 6.23. The van der Waals surface area contributed by atoms with Crippen molar-refractivity contribution in [3.05, 3.63) is 64.8 Å². The molecule has 3 atom stereocenters. The first-order valence-corrected chi connectivity index (χ1v) is 21.9. The molecule has 17 nitrogen and oxygen atoms in total. The number of carbonyl (C=O) groups is 6. The van der Waals surface area contributed by atoms with E-state index in [1.165, 1.54) is 18.9 Å². The van der Waals surface area contributed by atoms with Gasteiger partial charge in [0.1, 0.15) is 6.04 Å². The third-order valence-corrected chi connectivity index (χ3v) is 12.8. The molecule has 3 N–H and O–H groups in total. The van der Waals surface area contributed by atoms with Gasteiger partial charge in [0, 0.05) is 50.5 Å². The van der Waals surface area contributed by atoms with Crippen molar-refractivity contribution in [2.24, 2.45) is 17.1 Å². The predicted octanol–water partition coefficient (Wildman–Crippen LogP) is 4.46. The number of nitrogens with two attached hydrogens (primary N) is 1. The van der Waals surface area contributed by atoms with Crippen molar-refractivity contribution < 1.29 is 33.5 Å². The molecule has 17 heteroatoms. The van der Waals surface area contributed by atoms with Crippen LogP contribution in [0.3, 0.4) is 0 Å². The second-order valence-corrected chi connectivity index (χ2v) is 18.3. The van der Waals surface area contributed by atoms with Gasteiger partial charge in [0.05, 0.1) is 16.5 Å². The van der Waals surface area contributed by atoms with Crippen LogP contribution in [0, 0.1) is 11.3 Å². The number of nitrogens with one attached hydrogen (secondary N) is 1. The predicted molar refractivity (Wildman–Crippen MR) is 230 cm³/mol. The van der Waals surface area contributed by atoms with Crippen molar-refractivity contribution in [1.29, 1.82) is 0 Å². The lowest BCUT2D eigenvalue weighted by atomic mass is 9.89. The van der Waals surface area contributed by atoms with Gasteiger partial charge in [-0.2, -0.15) is 4.98 Å². The maximum absolute atomic E-state index is 13.8. The van der Waals surface area contributed by atoms with Crippen LogP contribution in [0.2, 0.25) is 0 Å². The Balaban J connectivity index is 0.835. The third-order valence-electron chi connectivity index (χ3n) is 12.8. The van der Waals surface area contributed by atoms with Crippen molar-refractivity contribution in [2.75, 3.05) is 60.9 Å². The molecular weight excluding hydrogens is 793 g/mol. The number of aromatic nitrogens is 3. The highest BCUT2D eigenvalue weighted by atomic mass is 16.6. The summed E-state index contributed by atoms with van der Waals surface area (Å²) in [6, 6.07) is 12.4. The van der Waals surface area contributed by atoms with Crippen LogP contribution >= 0.6 is 0 Å². The van der Waals surface area contributed by atoms with Gasteiger partial charge in [0.15, 0.2) is 17.7 Å². The van der Waals surface area contributed by atoms with E-state index in [9.17, 15) is 28.8 Å². The Bertz CT molecular complexity index is 2250. The summed E-state index contributed by atoms with van der Waals surface area (Å²) >= 11 is 0. The van der Waals surface area contributed by atoms with Gasteiger partial charge in [0.25, 0.3) is 23.6 Å². The number of ether oxygens (including phenoxy) is 1. The highest BCUT2D eigenvalue weighted by Gasteiger charge is 2.49. The first kappa shape index (κ1) is 42.7. The molecule has 1 aromatic heterocycles. The quantitative estimate of drug-likeness (QED) is 0.202. The number of imide groups is 2. The molecule has 0 spiro atoms. The number of hydrogen-bond acceptors (Lipinski definition) is 14. The Morgan fingerprint density at radius 1 is 0.855 bits per heavy atom. The van der Waals surface area contributed by atoms with E-state index in [-0.39, 0.29) is 29.7 Å². The molecule has 0 aliphatic carbocycles. The Hall–Kier alpha value is -5.97. The zero-order valence-electron chi connectivity index (χ0n) is 36.0. The fraction of sp³-hybridized carbons (Fsp3) is 0.533. The molecule has 4 fully saturated rings. The summed E-state index contributed by atoms with van der Waals surface area (Å²) in [7, 11) is 0. The summed E-state index contributed by atoms with van der Waals surface area (Å²) in [6.45, 7) is 12.7. The van der Waals surface area contributed by atoms with E-state index in [1.54, 1.807) is 32.9 Å². The van der Waals surface area contributed by atoms with Crippen molar-refractivity contribution in [3.63, 3.8) is 0 Å². The monoisotopic (exact) mass is 848 g/mol. The Labute approximate surface area is 361 Å². The van der Waals surface area contributed by atoms with Gasteiger partial charge < -0.3 is 30.5 Å². The van der Waals surface area contributed by atoms with Crippen molar-refractivity contribution in [2.45, 2.75) is 97.2 Å². The van der Waals surface area contributed by atoms with Crippen LogP contribution in [0.5, 0.6) is 0 Å². The van der Waals surface area contributed by atoms with E-state index in [0.29, 0.717) is 23.6 Å². The Kier molecular flexibility index (Phi) is 12.0. The summed E-state index contributed by atoms with van der Waals surface area (Å²) in [4.78, 5) is 92.0. The number of esters is 1. The molecule has 4 saturated heterocycles. The van der Waals surface area contributed by atoms with Crippen LogP contribution in [0.25, 0.3) is 0 Å². The molecule has 2 aromatic carbocycles. The minimum Gasteiger partial charge on any atom is -0.441 e. The Morgan fingerprint density at radius 2 is 1.56 bits per heavy atom.